The number of nitrogens with one attached hydrogen (secondary N) is 2. The third kappa shape index (κ3) is 4.61. The molecule has 1 saturated heterocycles. The van der Waals surface area contributed by atoms with Gasteiger partial charge in [0.15, 0.2) is 6.10 Å². The quantitative estimate of drug-likeness (QED) is 0.706. The molecule has 6 nitrogen and oxygen atoms in total. The highest BCUT2D eigenvalue weighted by atomic mass is 16.6. The summed E-state index contributed by atoms with van der Waals surface area (Å²) >= 11 is 0. The average Bonchev–Trinajstić information content (AvgIpc) is 2.88. The van der Waals surface area contributed by atoms with Gasteiger partial charge < -0.3 is 24.8 Å². The van der Waals surface area contributed by atoms with Crippen LogP contribution in [0.4, 0.5) is 4.79 Å². The molecule has 2 rings (SSSR count). The third-order valence-corrected chi connectivity index (χ3v) is 3.25. The number of rotatable bonds is 8. The molecular weight excluding hydrogens is 272 g/mol. The minimum atomic E-state index is -0.380. The maximum absolute atomic E-state index is 11.0. The molecule has 1 aliphatic rings. The van der Waals surface area contributed by atoms with E-state index in [1.165, 1.54) is 0 Å². The summed E-state index contributed by atoms with van der Waals surface area (Å²) < 4.78 is 15.9. The first kappa shape index (κ1) is 15.6. The molecule has 1 amide bonds. The summed E-state index contributed by atoms with van der Waals surface area (Å²) in [4.78, 5) is 11.0. The Bertz CT molecular complexity index is 479. The lowest BCUT2D eigenvalue weighted by Crippen LogP contribution is -2.23. The first-order valence-electron chi connectivity index (χ1n) is 7.06. The van der Waals surface area contributed by atoms with Gasteiger partial charge in [-0.25, -0.2) is 4.79 Å². The normalized spacial score (nSPS) is 17.4. The summed E-state index contributed by atoms with van der Waals surface area (Å²) in [7, 11) is 1.68. The highest BCUT2D eigenvalue weighted by Gasteiger charge is 2.23. The molecule has 0 spiro atoms. The van der Waals surface area contributed by atoms with Crippen molar-refractivity contribution >= 4 is 6.09 Å². The predicted octanol–water partition coefficient (Wildman–Crippen LogP) is 1.22. The topological polar surface area (TPSA) is 68.8 Å². The van der Waals surface area contributed by atoms with Gasteiger partial charge in [0.25, 0.3) is 0 Å². The standard InChI is InChI=1S/C15H22N2O4/c1-11-4-3-5-12(8-16-6-7-19-2)14(11)20-10-13-9-17-15(18)21-13/h3-5,13,16H,6-10H2,1-2H3,(H,17,18). The van der Waals surface area contributed by atoms with Crippen LogP contribution >= 0.6 is 0 Å². The molecule has 1 heterocycles. The smallest absolute Gasteiger partial charge is 0.407 e. The Hall–Kier alpha value is -1.79. The number of para-hydroxylation sites is 1. The van der Waals surface area contributed by atoms with E-state index in [0.717, 1.165) is 23.4 Å². The first-order valence-corrected chi connectivity index (χ1v) is 7.06. The van der Waals surface area contributed by atoms with Crippen LogP contribution in [0.3, 0.4) is 0 Å². The van der Waals surface area contributed by atoms with E-state index in [4.69, 9.17) is 14.2 Å². The van der Waals surface area contributed by atoms with Crippen LogP contribution in [0.5, 0.6) is 5.75 Å². The number of cyclic esters (lactones) is 1. The van der Waals surface area contributed by atoms with Gasteiger partial charge in [0, 0.05) is 25.8 Å². The van der Waals surface area contributed by atoms with E-state index in [1.807, 2.05) is 25.1 Å². The van der Waals surface area contributed by atoms with Gasteiger partial charge in [0.05, 0.1) is 13.2 Å². The van der Waals surface area contributed by atoms with Crippen LogP contribution in [0.1, 0.15) is 11.1 Å². The lowest BCUT2D eigenvalue weighted by atomic mass is 10.1. The third-order valence-electron chi connectivity index (χ3n) is 3.25. The Balaban J connectivity index is 1.91. The van der Waals surface area contributed by atoms with E-state index in [0.29, 0.717) is 26.3 Å². The molecule has 0 bridgehead atoms. The maximum atomic E-state index is 11.0. The number of carbonyl (C=O) groups excluding carboxylic acids is 1. The average molecular weight is 294 g/mol. The Labute approximate surface area is 124 Å². The Kier molecular flexibility index (Phi) is 5.83. The van der Waals surface area contributed by atoms with Crippen molar-refractivity contribution in [3.05, 3.63) is 29.3 Å². The second-order valence-electron chi connectivity index (χ2n) is 4.95. The van der Waals surface area contributed by atoms with E-state index in [-0.39, 0.29) is 12.2 Å². The number of aryl methyl sites for hydroxylation is 1. The van der Waals surface area contributed by atoms with Crippen LogP contribution < -0.4 is 15.4 Å². The molecule has 1 aromatic carbocycles. The molecule has 1 aliphatic heterocycles. The van der Waals surface area contributed by atoms with Gasteiger partial charge in [-0.05, 0) is 12.5 Å². The Morgan fingerprint density at radius 2 is 2.33 bits per heavy atom. The van der Waals surface area contributed by atoms with Crippen molar-refractivity contribution in [1.29, 1.82) is 0 Å². The zero-order chi connectivity index (χ0) is 15.1. The summed E-state index contributed by atoms with van der Waals surface area (Å²) in [6.07, 6.45) is -0.610. The van der Waals surface area contributed by atoms with E-state index < -0.39 is 0 Å². The number of hydrogen-bond donors (Lipinski definition) is 2. The van der Waals surface area contributed by atoms with Crippen LogP contribution in [0.15, 0.2) is 18.2 Å². The van der Waals surface area contributed by atoms with E-state index in [9.17, 15) is 4.79 Å². The molecule has 1 atom stereocenters. The van der Waals surface area contributed by atoms with Crippen LogP contribution in [0.2, 0.25) is 0 Å². The summed E-state index contributed by atoms with van der Waals surface area (Å²) in [5.74, 6) is 0.852. The lowest BCUT2D eigenvalue weighted by molar-refractivity contribution is 0.104. The van der Waals surface area contributed by atoms with Crippen LogP contribution in [-0.4, -0.2) is 45.6 Å². The molecular formula is C15H22N2O4. The molecule has 0 radical (unpaired) electrons. The monoisotopic (exact) mass is 294 g/mol. The number of methoxy groups -OCH3 is 1. The van der Waals surface area contributed by atoms with E-state index in [1.54, 1.807) is 7.11 Å². The van der Waals surface area contributed by atoms with E-state index >= 15 is 0 Å². The van der Waals surface area contributed by atoms with Gasteiger partial charge >= 0.3 is 6.09 Å². The number of benzene rings is 1. The van der Waals surface area contributed by atoms with Crippen molar-refractivity contribution in [2.75, 3.05) is 33.4 Å². The highest BCUT2D eigenvalue weighted by molar-refractivity contribution is 5.69. The molecule has 1 unspecified atom stereocenters. The molecule has 0 saturated carbocycles. The fourth-order valence-corrected chi connectivity index (χ4v) is 2.16. The molecule has 21 heavy (non-hydrogen) atoms. The largest absolute Gasteiger partial charge is 0.489 e. The first-order chi connectivity index (χ1) is 10.2. The molecule has 0 aliphatic carbocycles. The Morgan fingerprint density at radius 3 is 3.05 bits per heavy atom. The molecule has 6 heteroatoms. The van der Waals surface area contributed by atoms with Crippen molar-refractivity contribution in [2.45, 2.75) is 19.6 Å². The molecule has 1 aromatic rings. The van der Waals surface area contributed by atoms with Crippen LogP contribution in [0.25, 0.3) is 0 Å². The fourth-order valence-electron chi connectivity index (χ4n) is 2.16. The minimum absolute atomic E-state index is 0.230. The van der Waals surface area contributed by atoms with Gasteiger partial charge in [-0.1, -0.05) is 18.2 Å². The maximum Gasteiger partial charge on any atom is 0.407 e. The Morgan fingerprint density at radius 1 is 1.48 bits per heavy atom. The van der Waals surface area contributed by atoms with Gasteiger partial charge in [-0.15, -0.1) is 0 Å². The van der Waals surface area contributed by atoms with Crippen molar-refractivity contribution in [1.82, 2.24) is 10.6 Å². The van der Waals surface area contributed by atoms with Gasteiger partial charge in [0.1, 0.15) is 12.4 Å². The zero-order valence-electron chi connectivity index (χ0n) is 12.5. The van der Waals surface area contributed by atoms with Gasteiger partial charge in [-0.3, -0.25) is 0 Å². The minimum Gasteiger partial charge on any atom is -0.489 e. The lowest BCUT2D eigenvalue weighted by Gasteiger charge is -2.16. The molecule has 0 aromatic heterocycles. The second-order valence-corrected chi connectivity index (χ2v) is 4.95. The van der Waals surface area contributed by atoms with Crippen LogP contribution in [0, 0.1) is 6.92 Å². The fraction of sp³-hybridized carbons (Fsp3) is 0.533. The summed E-state index contributed by atoms with van der Waals surface area (Å²) in [6.45, 7) is 5.02. The predicted molar refractivity (Wildman–Crippen MR) is 78.5 cm³/mol. The number of hydrogen-bond acceptors (Lipinski definition) is 5. The summed E-state index contributed by atoms with van der Waals surface area (Å²) in [6, 6.07) is 6.04. The molecule has 116 valence electrons. The number of amides is 1. The van der Waals surface area contributed by atoms with Crippen LogP contribution in [-0.2, 0) is 16.0 Å². The molecule has 1 fully saturated rings. The van der Waals surface area contributed by atoms with Gasteiger partial charge in [-0.2, -0.15) is 0 Å². The van der Waals surface area contributed by atoms with Crippen molar-refractivity contribution < 1.29 is 19.0 Å². The number of ether oxygens (including phenoxy) is 3. The van der Waals surface area contributed by atoms with Crippen molar-refractivity contribution in [3.63, 3.8) is 0 Å². The number of carbonyl (C=O) groups is 1. The molecule has 2 N–H and O–H groups in total. The second kappa shape index (κ2) is 7.85. The summed E-state index contributed by atoms with van der Waals surface area (Å²) in [5, 5.41) is 5.92. The van der Waals surface area contributed by atoms with Crippen molar-refractivity contribution in [3.8, 4) is 5.75 Å². The SMILES string of the molecule is COCCNCc1cccc(C)c1OCC1CNC(=O)O1. The zero-order valence-corrected chi connectivity index (χ0v) is 12.5. The summed E-state index contributed by atoms with van der Waals surface area (Å²) in [5.41, 5.74) is 2.15. The number of alkyl carbamates (subject to hydrolysis) is 1. The van der Waals surface area contributed by atoms with Crippen molar-refractivity contribution in [2.24, 2.45) is 0 Å². The highest BCUT2D eigenvalue weighted by Crippen LogP contribution is 2.24. The van der Waals surface area contributed by atoms with Gasteiger partial charge in [0.2, 0.25) is 0 Å². The van der Waals surface area contributed by atoms with E-state index in [2.05, 4.69) is 10.6 Å².